The zero-order valence-electron chi connectivity index (χ0n) is 18.5. The van der Waals surface area contributed by atoms with Crippen LogP contribution < -0.4 is 5.73 Å². The van der Waals surface area contributed by atoms with E-state index in [1.54, 1.807) is 12.1 Å². The Labute approximate surface area is 191 Å². The predicted molar refractivity (Wildman–Crippen MR) is 121 cm³/mol. The van der Waals surface area contributed by atoms with Gasteiger partial charge in [-0.1, -0.05) is 18.2 Å². The van der Waals surface area contributed by atoms with Crippen molar-refractivity contribution in [2.45, 2.75) is 44.8 Å². The summed E-state index contributed by atoms with van der Waals surface area (Å²) >= 11 is 0. The Balaban J connectivity index is 1.33. The molecule has 0 spiro atoms. The number of rotatable bonds is 7. The van der Waals surface area contributed by atoms with Gasteiger partial charge in [-0.3, -0.25) is 9.69 Å². The van der Waals surface area contributed by atoms with E-state index in [-0.39, 0.29) is 0 Å². The molecule has 1 aliphatic heterocycles. The molecule has 2 aromatic carbocycles. The first kappa shape index (κ1) is 21.3. The fourth-order valence-electron chi connectivity index (χ4n) is 4.17. The third-order valence-electron chi connectivity index (χ3n) is 6.38. The van der Waals surface area contributed by atoms with Crippen molar-refractivity contribution < 1.29 is 18.7 Å². The number of carbonyl (C=O) groups excluding carboxylic acids is 2. The first-order chi connectivity index (χ1) is 15.9. The Morgan fingerprint density at radius 3 is 2.42 bits per heavy atom. The standard InChI is InChI=1S/C25H26N4O4/c1-16-4-5-19(23(30)33-25(10-11-25)24(26)31)14-20(16)17-6-8-18(9-7-17)22-28-27-21(32-22)15-29-12-2-3-13-29/h4-9,14H,2-3,10-13,15H2,1H3,(H2,26,31). The monoisotopic (exact) mass is 446 g/mol. The highest BCUT2D eigenvalue weighted by atomic mass is 16.6. The van der Waals surface area contributed by atoms with E-state index in [0.29, 0.717) is 36.7 Å². The van der Waals surface area contributed by atoms with Gasteiger partial charge in [0.05, 0.1) is 12.1 Å². The van der Waals surface area contributed by atoms with E-state index >= 15 is 0 Å². The molecule has 1 aliphatic carbocycles. The quantitative estimate of drug-likeness (QED) is 0.553. The molecule has 1 saturated heterocycles. The number of aromatic nitrogens is 2. The summed E-state index contributed by atoms with van der Waals surface area (Å²) in [4.78, 5) is 26.5. The van der Waals surface area contributed by atoms with Crippen LogP contribution in [0.2, 0.25) is 0 Å². The predicted octanol–water partition coefficient (Wildman–Crippen LogP) is 3.48. The maximum atomic E-state index is 12.6. The summed E-state index contributed by atoms with van der Waals surface area (Å²) in [6.07, 6.45) is 3.38. The third-order valence-corrected chi connectivity index (χ3v) is 6.38. The lowest BCUT2D eigenvalue weighted by Crippen LogP contribution is -2.35. The van der Waals surface area contributed by atoms with Crippen LogP contribution in [-0.2, 0) is 16.1 Å². The number of carbonyl (C=O) groups is 2. The molecule has 2 heterocycles. The molecule has 5 rings (SSSR count). The summed E-state index contributed by atoms with van der Waals surface area (Å²) in [6, 6.07) is 13.1. The molecule has 33 heavy (non-hydrogen) atoms. The van der Waals surface area contributed by atoms with Gasteiger partial charge in [-0.2, -0.15) is 0 Å². The second-order valence-corrected chi connectivity index (χ2v) is 8.84. The number of esters is 1. The summed E-state index contributed by atoms with van der Waals surface area (Å²) < 4.78 is 11.3. The van der Waals surface area contributed by atoms with Crippen LogP contribution in [-0.4, -0.2) is 45.7 Å². The minimum Gasteiger partial charge on any atom is -0.445 e. The number of likely N-dealkylation sites (tertiary alicyclic amines) is 1. The van der Waals surface area contributed by atoms with Crippen LogP contribution >= 0.6 is 0 Å². The van der Waals surface area contributed by atoms with Crippen LogP contribution in [0.4, 0.5) is 0 Å². The molecule has 1 amide bonds. The molecule has 1 saturated carbocycles. The van der Waals surface area contributed by atoms with E-state index in [2.05, 4.69) is 15.1 Å². The summed E-state index contributed by atoms with van der Waals surface area (Å²) in [5, 5.41) is 8.38. The van der Waals surface area contributed by atoms with Crippen molar-refractivity contribution in [2.75, 3.05) is 13.1 Å². The second kappa shape index (κ2) is 8.44. The van der Waals surface area contributed by atoms with Crippen molar-refractivity contribution in [3.05, 3.63) is 59.5 Å². The van der Waals surface area contributed by atoms with Crippen LogP contribution in [0, 0.1) is 6.92 Å². The Kier molecular flexibility index (Phi) is 5.46. The van der Waals surface area contributed by atoms with Crippen molar-refractivity contribution in [3.63, 3.8) is 0 Å². The molecular formula is C25H26N4O4. The first-order valence-electron chi connectivity index (χ1n) is 11.2. The van der Waals surface area contributed by atoms with Crippen LogP contribution in [0.25, 0.3) is 22.6 Å². The average Bonchev–Trinajstić information content (AvgIpc) is 3.19. The number of nitrogens with two attached hydrogens (primary N) is 1. The molecule has 8 nitrogen and oxygen atoms in total. The summed E-state index contributed by atoms with van der Waals surface area (Å²) in [5.74, 6) is -0.0163. The molecule has 1 aromatic heterocycles. The highest BCUT2D eigenvalue weighted by molar-refractivity contribution is 5.96. The molecule has 0 bridgehead atoms. The molecule has 2 fully saturated rings. The van der Waals surface area contributed by atoms with E-state index in [9.17, 15) is 9.59 Å². The van der Waals surface area contributed by atoms with Crippen LogP contribution in [0.15, 0.2) is 46.9 Å². The minimum atomic E-state index is -1.14. The van der Waals surface area contributed by atoms with Crippen LogP contribution in [0.1, 0.15) is 47.5 Å². The van der Waals surface area contributed by atoms with E-state index in [1.807, 2.05) is 37.3 Å². The molecule has 2 N–H and O–H groups in total. The molecule has 8 heteroatoms. The topological polar surface area (TPSA) is 112 Å². The zero-order valence-corrected chi connectivity index (χ0v) is 18.5. The molecule has 170 valence electrons. The van der Waals surface area contributed by atoms with Gasteiger partial charge in [0.25, 0.3) is 5.91 Å². The smallest absolute Gasteiger partial charge is 0.339 e. The Bertz CT molecular complexity index is 1190. The fourth-order valence-corrected chi connectivity index (χ4v) is 4.17. The molecule has 0 radical (unpaired) electrons. The number of benzene rings is 2. The van der Waals surface area contributed by atoms with Gasteiger partial charge in [0.2, 0.25) is 11.8 Å². The number of ether oxygens (including phenoxy) is 1. The molecule has 0 unspecified atom stereocenters. The second-order valence-electron chi connectivity index (χ2n) is 8.84. The Hall–Kier alpha value is -3.52. The molecule has 3 aromatic rings. The van der Waals surface area contributed by atoms with Gasteiger partial charge in [0.15, 0.2) is 5.60 Å². The van der Waals surface area contributed by atoms with Gasteiger partial charge >= 0.3 is 5.97 Å². The largest absolute Gasteiger partial charge is 0.445 e. The molecule has 0 atom stereocenters. The zero-order chi connectivity index (χ0) is 23.0. The van der Waals surface area contributed by atoms with Gasteiger partial charge in [-0.05, 0) is 73.8 Å². The van der Waals surface area contributed by atoms with Crippen LogP contribution in [0.3, 0.4) is 0 Å². The minimum absolute atomic E-state index is 0.385. The number of aryl methyl sites for hydroxylation is 1. The summed E-state index contributed by atoms with van der Waals surface area (Å²) in [6.45, 7) is 4.81. The van der Waals surface area contributed by atoms with Crippen molar-refractivity contribution in [2.24, 2.45) is 5.73 Å². The van der Waals surface area contributed by atoms with E-state index in [1.165, 1.54) is 12.8 Å². The van der Waals surface area contributed by atoms with Crippen molar-refractivity contribution >= 4 is 11.9 Å². The number of amides is 1. The third kappa shape index (κ3) is 4.39. The number of hydrogen-bond acceptors (Lipinski definition) is 7. The van der Waals surface area contributed by atoms with E-state index in [4.69, 9.17) is 14.9 Å². The summed E-state index contributed by atoms with van der Waals surface area (Å²) in [5.41, 5.74) is 8.32. The highest BCUT2D eigenvalue weighted by Crippen LogP contribution is 2.40. The summed E-state index contributed by atoms with van der Waals surface area (Å²) in [7, 11) is 0. The maximum absolute atomic E-state index is 12.6. The molecular weight excluding hydrogens is 420 g/mol. The lowest BCUT2D eigenvalue weighted by atomic mass is 9.97. The van der Waals surface area contributed by atoms with Gasteiger partial charge in [0.1, 0.15) is 0 Å². The number of hydrogen-bond donors (Lipinski definition) is 1. The van der Waals surface area contributed by atoms with E-state index in [0.717, 1.165) is 35.3 Å². The Morgan fingerprint density at radius 2 is 1.76 bits per heavy atom. The normalized spacial score (nSPS) is 17.1. The van der Waals surface area contributed by atoms with Gasteiger partial charge in [0, 0.05) is 18.4 Å². The van der Waals surface area contributed by atoms with Crippen molar-refractivity contribution in [1.29, 1.82) is 0 Å². The van der Waals surface area contributed by atoms with Crippen LogP contribution in [0.5, 0.6) is 0 Å². The van der Waals surface area contributed by atoms with Crippen molar-refractivity contribution in [3.8, 4) is 22.6 Å². The Morgan fingerprint density at radius 1 is 1.06 bits per heavy atom. The highest BCUT2D eigenvalue weighted by Gasteiger charge is 2.53. The first-order valence-corrected chi connectivity index (χ1v) is 11.2. The van der Waals surface area contributed by atoms with Gasteiger partial charge < -0.3 is 14.9 Å². The lowest BCUT2D eigenvalue weighted by Gasteiger charge is -2.14. The number of nitrogens with zero attached hydrogens (tertiary/aromatic N) is 3. The number of primary amides is 1. The lowest BCUT2D eigenvalue weighted by molar-refractivity contribution is -0.128. The fraction of sp³-hybridized carbons (Fsp3) is 0.360. The maximum Gasteiger partial charge on any atom is 0.339 e. The average molecular weight is 447 g/mol. The van der Waals surface area contributed by atoms with Crippen molar-refractivity contribution in [1.82, 2.24) is 15.1 Å². The molecule has 2 aliphatic rings. The van der Waals surface area contributed by atoms with Gasteiger partial charge in [-0.25, -0.2) is 4.79 Å². The SMILES string of the molecule is Cc1ccc(C(=O)OC2(C(N)=O)CC2)cc1-c1ccc(-c2nnc(CN3CCCC3)o2)cc1. The van der Waals surface area contributed by atoms with E-state index < -0.39 is 17.5 Å². The van der Waals surface area contributed by atoms with Gasteiger partial charge in [-0.15, -0.1) is 10.2 Å².